The van der Waals surface area contributed by atoms with E-state index < -0.39 is 46.8 Å². The van der Waals surface area contributed by atoms with Crippen LogP contribution < -0.4 is 9.80 Å². The Labute approximate surface area is 348 Å². The van der Waals surface area contributed by atoms with Crippen molar-refractivity contribution in [3.05, 3.63) is 133 Å². The molecule has 16 heteroatoms. The van der Waals surface area contributed by atoms with Gasteiger partial charge < -0.3 is 9.80 Å². The summed E-state index contributed by atoms with van der Waals surface area (Å²) in [5, 5.41) is 10.6. The molecule has 2 spiro atoms. The lowest BCUT2D eigenvalue weighted by molar-refractivity contribution is -0.125. The Kier molecular flexibility index (Phi) is 9.73. The van der Waals surface area contributed by atoms with Crippen molar-refractivity contribution >= 4 is 87.3 Å². The molecule has 4 saturated heterocycles. The quantitative estimate of drug-likeness (QED) is 0.144. The van der Waals surface area contributed by atoms with Gasteiger partial charge in [-0.15, -0.1) is 0 Å². The van der Waals surface area contributed by atoms with Crippen LogP contribution in [-0.2, 0) is 9.59 Å². The zero-order valence-electron chi connectivity index (χ0n) is 30.5. The third kappa shape index (κ3) is 6.11. The number of nitriles is 1. The summed E-state index contributed by atoms with van der Waals surface area (Å²) >= 11 is 25.3. The number of hydrogen-bond donors (Lipinski definition) is 0. The number of anilines is 2. The molecule has 12 nitrogen and oxygen atoms in total. The number of imide groups is 2. The number of amides is 6. The number of rotatable bonds is 6. The van der Waals surface area contributed by atoms with Crippen LogP contribution in [-0.4, -0.2) is 101 Å². The molecular formula is C41H32Cl4N8O4. The second kappa shape index (κ2) is 14.3. The number of nitrogens with zero attached hydrogens (tertiary/aromatic N) is 8. The van der Waals surface area contributed by atoms with Gasteiger partial charge in [0.05, 0.1) is 36.2 Å². The molecule has 57 heavy (non-hydrogen) atoms. The lowest BCUT2D eigenvalue weighted by Crippen LogP contribution is -2.55. The van der Waals surface area contributed by atoms with E-state index in [4.69, 9.17) is 53.0 Å². The molecule has 4 heterocycles. The van der Waals surface area contributed by atoms with Gasteiger partial charge in [0.15, 0.2) is 5.69 Å². The van der Waals surface area contributed by atoms with Crippen LogP contribution in [0.4, 0.5) is 26.7 Å². The Morgan fingerprint density at radius 1 is 0.667 bits per heavy atom. The van der Waals surface area contributed by atoms with Gasteiger partial charge in [-0.3, -0.25) is 19.4 Å². The fraction of sp³-hybridized carbons (Fsp3) is 0.268. The number of carbonyl (C=O) groups is 4. The predicted octanol–water partition coefficient (Wildman–Crippen LogP) is 7.85. The minimum absolute atomic E-state index is 0.132. The second-order valence-electron chi connectivity index (χ2n) is 14.8. The molecule has 4 fully saturated rings. The van der Waals surface area contributed by atoms with Crippen LogP contribution in [0.15, 0.2) is 84.9 Å². The van der Waals surface area contributed by atoms with Crippen LogP contribution in [0.2, 0.25) is 20.1 Å². The Balaban J connectivity index is 1.17. The van der Waals surface area contributed by atoms with Crippen molar-refractivity contribution < 1.29 is 19.2 Å². The van der Waals surface area contributed by atoms with Crippen molar-refractivity contribution in [1.29, 1.82) is 5.26 Å². The van der Waals surface area contributed by atoms with Crippen LogP contribution in [0.25, 0.3) is 4.85 Å². The maximum absolute atomic E-state index is 14.8. The predicted molar refractivity (Wildman–Crippen MR) is 217 cm³/mol. The monoisotopic (exact) mass is 840 g/mol. The molecular weight excluding hydrogens is 810 g/mol. The Bertz CT molecular complexity index is 2240. The Morgan fingerprint density at radius 2 is 1.05 bits per heavy atom. The molecule has 0 aliphatic carbocycles. The van der Waals surface area contributed by atoms with Gasteiger partial charge in [-0.25, -0.2) is 24.2 Å². The third-order valence-corrected chi connectivity index (χ3v) is 12.6. The summed E-state index contributed by atoms with van der Waals surface area (Å²) in [6, 6.07) is 24.2. The van der Waals surface area contributed by atoms with Crippen molar-refractivity contribution in [2.45, 2.75) is 22.9 Å². The zero-order valence-corrected chi connectivity index (χ0v) is 33.5. The van der Waals surface area contributed by atoms with Gasteiger partial charge in [0.1, 0.15) is 11.1 Å². The molecule has 0 bridgehead atoms. The standard InChI is InChI=1S/C41H32Cl4N8O4/c1-47-31-10-8-26(9-11-31)35-20-51(22-41(35)37(55)53(39(57)49(41)3)33-16-29(44)13-30(45)17-33)23-50-19-34(25-6-4-24(18-46)5-7-25)40(21-50)36(54)52(38(56)48(40)2)32-14-27(42)12-28(43)15-32/h4-17,34-35H,19-23H2,2-3H3/t34-,35+,40+,41-/m0/s1. The van der Waals surface area contributed by atoms with E-state index in [1.807, 2.05) is 12.1 Å². The van der Waals surface area contributed by atoms with E-state index in [0.717, 1.165) is 20.9 Å². The molecule has 0 unspecified atom stereocenters. The number of hydrogen-bond acceptors (Lipinski definition) is 7. The lowest BCUT2D eigenvalue weighted by Gasteiger charge is -2.34. The highest BCUT2D eigenvalue weighted by Gasteiger charge is 2.67. The molecule has 0 radical (unpaired) electrons. The topological polar surface area (TPSA) is 116 Å². The van der Waals surface area contributed by atoms with Gasteiger partial charge in [-0.2, -0.15) is 5.26 Å². The van der Waals surface area contributed by atoms with Gasteiger partial charge in [-0.05, 0) is 59.7 Å². The van der Waals surface area contributed by atoms with Crippen molar-refractivity contribution in [2.75, 3.05) is 56.7 Å². The minimum atomic E-state index is -1.37. The molecule has 0 aromatic heterocycles. The van der Waals surface area contributed by atoms with E-state index in [9.17, 15) is 24.4 Å². The SMILES string of the molecule is [C-]#[N+]c1ccc([C@H]2CN(CN3C[C@@H](c4ccc(C#N)cc4)[C@]4(C3)C(=O)N(c3cc(Cl)cc(Cl)c3)C(=O)N4C)C[C@@]23C(=O)N(c2cc(Cl)cc(Cl)c2)C(=O)N3C)cc1. The first-order chi connectivity index (χ1) is 27.2. The van der Waals surface area contributed by atoms with Crippen molar-refractivity contribution in [3.63, 3.8) is 0 Å². The van der Waals surface area contributed by atoms with E-state index in [0.29, 0.717) is 24.3 Å². The Hall–Kier alpha value is -5.18. The van der Waals surface area contributed by atoms with Gasteiger partial charge in [0.2, 0.25) is 0 Å². The Morgan fingerprint density at radius 3 is 1.42 bits per heavy atom. The third-order valence-electron chi connectivity index (χ3n) is 11.7. The van der Waals surface area contributed by atoms with E-state index in [2.05, 4.69) is 20.7 Å². The molecule has 288 valence electrons. The molecule has 4 aromatic carbocycles. The minimum Gasteiger partial charge on any atom is -0.310 e. The number of likely N-dealkylation sites (N-methyl/N-ethyl adjacent to an activating group) is 2. The maximum Gasteiger partial charge on any atom is 0.332 e. The van der Waals surface area contributed by atoms with Crippen LogP contribution >= 0.6 is 46.4 Å². The van der Waals surface area contributed by atoms with Gasteiger partial charge in [-0.1, -0.05) is 82.8 Å². The fourth-order valence-corrected chi connectivity index (χ4v) is 10.1. The van der Waals surface area contributed by atoms with Crippen LogP contribution in [0.5, 0.6) is 0 Å². The van der Waals surface area contributed by atoms with E-state index in [-0.39, 0.29) is 51.2 Å². The summed E-state index contributed by atoms with van der Waals surface area (Å²) in [7, 11) is 3.21. The molecule has 0 saturated carbocycles. The van der Waals surface area contributed by atoms with Gasteiger partial charge in [0, 0.05) is 72.2 Å². The van der Waals surface area contributed by atoms with Crippen LogP contribution in [0.3, 0.4) is 0 Å². The number of urea groups is 2. The first kappa shape index (κ1) is 38.7. The van der Waals surface area contributed by atoms with Gasteiger partial charge >= 0.3 is 12.1 Å². The smallest absolute Gasteiger partial charge is 0.310 e. The van der Waals surface area contributed by atoms with Crippen molar-refractivity contribution in [3.8, 4) is 6.07 Å². The molecule has 4 atom stereocenters. The number of carbonyl (C=O) groups excluding carboxylic acids is 4. The highest BCUT2D eigenvalue weighted by Crippen LogP contribution is 2.50. The fourth-order valence-electron chi connectivity index (χ4n) is 9.08. The highest BCUT2D eigenvalue weighted by molar-refractivity contribution is 6.36. The van der Waals surface area contributed by atoms with E-state index >= 15 is 0 Å². The summed E-state index contributed by atoms with van der Waals surface area (Å²) in [4.78, 5) is 70.7. The lowest BCUT2D eigenvalue weighted by atomic mass is 9.80. The maximum atomic E-state index is 14.8. The first-order valence-corrected chi connectivity index (χ1v) is 19.3. The summed E-state index contributed by atoms with van der Waals surface area (Å²) in [6.45, 7) is 8.68. The molecule has 0 N–H and O–H groups in total. The zero-order chi connectivity index (χ0) is 40.6. The van der Waals surface area contributed by atoms with Crippen LogP contribution in [0, 0.1) is 17.9 Å². The van der Waals surface area contributed by atoms with E-state index in [1.54, 1.807) is 50.5 Å². The number of benzene rings is 4. The van der Waals surface area contributed by atoms with E-state index in [1.165, 1.54) is 46.2 Å². The average molecular weight is 843 g/mol. The summed E-state index contributed by atoms with van der Waals surface area (Å²) < 4.78 is 0. The molecule has 4 aliphatic rings. The average Bonchev–Trinajstić information content (AvgIpc) is 3.86. The first-order valence-electron chi connectivity index (χ1n) is 17.8. The molecule has 4 aromatic rings. The molecule has 6 amide bonds. The summed E-state index contributed by atoms with van der Waals surface area (Å²) in [6.07, 6.45) is 0. The largest absolute Gasteiger partial charge is 0.332 e. The summed E-state index contributed by atoms with van der Waals surface area (Å²) in [5.74, 6) is -1.95. The molecule has 4 aliphatic heterocycles. The normalized spacial score (nSPS) is 25.1. The highest BCUT2D eigenvalue weighted by atomic mass is 35.5. The molecule has 8 rings (SSSR count). The van der Waals surface area contributed by atoms with Crippen molar-refractivity contribution in [2.24, 2.45) is 0 Å². The number of halogens is 4. The number of likely N-dealkylation sites (tertiary alicyclic amines) is 2. The van der Waals surface area contributed by atoms with Crippen LogP contribution in [0.1, 0.15) is 28.5 Å². The van der Waals surface area contributed by atoms with Gasteiger partial charge in [0.25, 0.3) is 11.8 Å². The summed E-state index contributed by atoms with van der Waals surface area (Å²) in [5.41, 5.74) is 0.171. The second-order valence-corrected chi connectivity index (χ2v) is 16.5. The van der Waals surface area contributed by atoms with Crippen molar-refractivity contribution in [1.82, 2.24) is 19.6 Å².